The Morgan fingerprint density at radius 1 is 1.10 bits per heavy atom. The van der Waals surface area contributed by atoms with Gasteiger partial charge in [-0.25, -0.2) is 0 Å². The van der Waals surface area contributed by atoms with E-state index >= 15 is 0 Å². The molecule has 5 heteroatoms. The Hall–Kier alpha value is -0.390. The molecule has 2 rings (SSSR count). The first-order valence-electron chi connectivity index (χ1n) is 7.23. The Balaban J connectivity index is 1.76. The Morgan fingerprint density at radius 2 is 1.75 bits per heavy atom. The monoisotopic (exact) mass is 360 g/mol. The molecule has 0 aromatic heterocycles. The van der Waals surface area contributed by atoms with Crippen LogP contribution in [0.3, 0.4) is 0 Å². The normalized spacial score (nSPS) is 17.2. The maximum absolute atomic E-state index is 12.0. The molecule has 20 heavy (non-hydrogen) atoms. The number of hydrogen-bond donors (Lipinski definition) is 0. The molecule has 1 aromatic rings. The highest BCUT2D eigenvalue weighted by atomic mass is 79.9. The molecule has 0 atom stereocenters. The van der Waals surface area contributed by atoms with Crippen molar-refractivity contribution >= 4 is 26.0 Å². The van der Waals surface area contributed by atoms with Gasteiger partial charge in [0.1, 0.15) is 0 Å². The van der Waals surface area contributed by atoms with E-state index < -0.39 is 10.1 Å². The SMILES string of the molecule is O=S(=O)(OCCCC1CCCCC1)c1ccc(Br)cc1. The summed E-state index contributed by atoms with van der Waals surface area (Å²) in [7, 11) is -3.60. The third-order valence-corrected chi connectivity index (χ3v) is 5.68. The quantitative estimate of drug-likeness (QED) is 0.553. The Morgan fingerprint density at radius 3 is 2.40 bits per heavy atom. The van der Waals surface area contributed by atoms with Crippen LogP contribution < -0.4 is 0 Å². The predicted molar refractivity (Wildman–Crippen MR) is 83.1 cm³/mol. The first-order chi connectivity index (χ1) is 9.58. The second-order valence-electron chi connectivity index (χ2n) is 5.38. The van der Waals surface area contributed by atoms with E-state index in [0.717, 1.165) is 23.2 Å². The van der Waals surface area contributed by atoms with Gasteiger partial charge in [0.05, 0.1) is 11.5 Å². The molecule has 0 saturated heterocycles. The average Bonchev–Trinajstić information content (AvgIpc) is 2.45. The summed E-state index contributed by atoms with van der Waals surface area (Å²) in [6.07, 6.45) is 8.48. The molecule has 3 nitrogen and oxygen atoms in total. The maximum Gasteiger partial charge on any atom is 0.296 e. The lowest BCUT2D eigenvalue weighted by atomic mass is 9.86. The van der Waals surface area contributed by atoms with Crippen LogP contribution >= 0.6 is 15.9 Å². The second kappa shape index (κ2) is 7.57. The van der Waals surface area contributed by atoms with Crippen LogP contribution in [0.15, 0.2) is 33.6 Å². The zero-order valence-corrected chi connectivity index (χ0v) is 14.0. The molecule has 0 bridgehead atoms. The van der Waals surface area contributed by atoms with Crippen LogP contribution in [0.4, 0.5) is 0 Å². The molecule has 1 aliphatic rings. The van der Waals surface area contributed by atoms with E-state index in [9.17, 15) is 8.42 Å². The van der Waals surface area contributed by atoms with Gasteiger partial charge in [0.2, 0.25) is 0 Å². The van der Waals surface area contributed by atoms with E-state index in [1.54, 1.807) is 24.3 Å². The van der Waals surface area contributed by atoms with Gasteiger partial charge in [0, 0.05) is 4.47 Å². The van der Waals surface area contributed by atoms with E-state index in [-0.39, 0.29) is 11.5 Å². The summed E-state index contributed by atoms with van der Waals surface area (Å²) < 4.78 is 29.9. The lowest BCUT2D eigenvalue weighted by Crippen LogP contribution is -2.10. The van der Waals surface area contributed by atoms with Crippen molar-refractivity contribution in [3.05, 3.63) is 28.7 Å². The molecule has 1 saturated carbocycles. The van der Waals surface area contributed by atoms with Gasteiger partial charge >= 0.3 is 0 Å². The van der Waals surface area contributed by atoms with E-state index in [0.29, 0.717) is 0 Å². The number of rotatable bonds is 6. The summed E-state index contributed by atoms with van der Waals surface area (Å²) in [4.78, 5) is 0.221. The molecule has 0 heterocycles. The molecule has 1 aliphatic carbocycles. The lowest BCUT2D eigenvalue weighted by Gasteiger charge is -2.21. The average molecular weight is 361 g/mol. The predicted octanol–water partition coefficient (Wildman–Crippen LogP) is 4.51. The van der Waals surface area contributed by atoms with Gasteiger partial charge in [-0.15, -0.1) is 0 Å². The minimum absolute atomic E-state index is 0.221. The summed E-state index contributed by atoms with van der Waals surface area (Å²) in [5, 5.41) is 0. The molecule has 0 amide bonds. The van der Waals surface area contributed by atoms with E-state index in [1.807, 2.05) is 0 Å². The van der Waals surface area contributed by atoms with Crippen molar-refractivity contribution in [2.75, 3.05) is 6.61 Å². The fourth-order valence-corrected chi connectivity index (χ4v) is 3.89. The van der Waals surface area contributed by atoms with Gasteiger partial charge in [0.25, 0.3) is 10.1 Å². The van der Waals surface area contributed by atoms with Crippen molar-refractivity contribution < 1.29 is 12.6 Å². The number of halogens is 1. The van der Waals surface area contributed by atoms with Crippen LogP contribution in [-0.4, -0.2) is 15.0 Å². The van der Waals surface area contributed by atoms with Crippen molar-refractivity contribution in [1.29, 1.82) is 0 Å². The van der Waals surface area contributed by atoms with Gasteiger partial charge in [-0.3, -0.25) is 4.18 Å². The van der Waals surface area contributed by atoms with Gasteiger partial charge in [-0.1, -0.05) is 48.0 Å². The largest absolute Gasteiger partial charge is 0.296 e. The summed E-state index contributed by atoms with van der Waals surface area (Å²) >= 11 is 3.28. The number of hydrogen-bond acceptors (Lipinski definition) is 3. The summed E-state index contributed by atoms with van der Waals surface area (Å²) in [6, 6.07) is 6.53. The van der Waals surface area contributed by atoms with Gasteiger partial charge in [0.15, 0.2) is 0 Å². The zero-order chi connectivity index (χ0) is 14.4. The fraction of sp³-hybridized carbons (Fsp3) is 0.600. The molecule has 1 fully saturated rings. The molecule has 0 spiro atoms. The molecule has 0 radical (unpaired) electrons. The number of benzene rings is 1. The molecule has 0 aliphatic heterocycles. The third-order valence-electron chi connectivity index (χ3n) is 3.82. The van der Waals surface area contributed by atoms with E-state index in [2.05, 4.69) is 15.9 Å². The van der Waals surface area contributed by atoms with Crippen LogP contribution in [0.5, 0.6) is 0 Å². The van der Waals surface area contributed by atoms with Crippen LogP contribution in [0, 0.1) is 5.92 Å². The van der Waals surface area contributed by atoms with E-state index in [4.69, 9.17) is 4.18 Å². The molecule has 0 unspecified atom stereocenters. The van der Waals surface area contributed by atoms with Crippen LogP contribution in [0.2, 0.25) is 0 Å². The molecular formula is C15H21BrO3S. The van der Waals surface area contributed by atoms with Gasteiger partial charge in [-0.2, -0.15) is 8.42 Å². The van der Waals surface area contributed by atoms with Crippen molar-refractivity contribution in [3.8, 4) is 0 Å². The standard InChI is InChI=1S/C15H21BrO3S/c16-14-8-10-15(11-9-14)20(17,18)19-12-4-7-13-5-2-1-3-6-13/h8-11,13H,1-7,12H2. The molecular weight excluding hydrogens is 340 g/mol. The summed E-state index contributed by atoms with van der Waals surface area (Å²) in [5.41, 5.74) is 0. The van der Waals surface area contributed by atoms with E-state index in [1.165, 1.54) is 32.1 Å². The van der Waals surface area contributed by atoms with Crippen LogP contribution in [0.1, 0.15) is 44.9 Å². The first-order valence-corrected chi connectivity index (χ1v) is 9.43. The summed E-state index contributed by atoms with van der Waals surface area (Å²) in [5.74, 6) is 0.766. The second-order valence-corrected chi connectivity index (χ2v) is 7.91. The Labute approximate surface area is 130 Å². The van der Waals surface area contributed by atoms with Crippen LogP contribution in [0.25, 0.3) is 0 Å². The van der Waals surface area contributed by atoms with Crippen molar-refractivity contribution in [1.82, 2.24) is 0 Å². The van der Waals surface area contributed by atoms with Crippen molar-refractivity contribution in [2.24, 2.45) is 5.92 Å². The van der Waals surface area contributed by atoms with Gasteiger partial charge < -0.3 is 0 Å². The lowest BCUT2D eigenvalue weighted by molar-refractivity contribution is 0.272. The highest BCUT2D eigenvalue weighted by Crippen LogP contribution is 2.27. The topological polar surface area (TPSA) is 43.4 Å². The highest BCUT2D eigenvalue weighted by molar-refractivity contribution is 9.10. The molecule has 1 aromatic carbocycles. The fourth-order valence-electron chi connectivity index (χ4n) is 2.69. The Kier molecular flexibility index (Phi) is 6.05. The highest BCUT2D eigenvalue weighted by Gasteiger charge is 2.16. The molecule has 112 valence electrons. The molecule has 0 N–H and O–H groups in total. The maximum atomic E-state index is 12.0. The summed E-state index contributed by atoms with van der Waals surface area (Å²) in [6.45, 7) is 0.287. The Bertz CT molecular complexity index is 504. The minimum Gasteiger partial charge on any atom is -0.266 e. The van der Waals surface area contributed by atoms with Crippen molar-refractivity contribution in [2.45, 2.75) is 49.8 Å². The first kappa shape index (κ1) is 16.0. The van der Waals surface area contributed by atoms with Crippen molar-refractivity contribution in [3.63, 3.8) is 0 Å². The minimum atomic E-state index is -3.60. The van der Waals surface area contributed by atoms with Gasteiger partial charge in [-0.05, 0) is 43.0 Å². The zero-order valence-electron chi connectivity index (χ0n) is 11.6. The third kappa shape index (κ3) is 4.86. The smallest absolute Gasteiger partial charge is 0.266 e. The van der Waals surface area contributed by atoms with Crippen LogP contribution in [-0.2, 0) is 14.3 Å².